The summed E-state index contributed by atoms with van der Waals surface area (Å²) in [5.74, 6) is 0.989. The second kappa shape index (κ2) is 4.30. The molecule has 3 heterocycles. The van der Waals surface area contributed by atoms with Crippen molar-refractivity contribution >= 4 is 16.9 Å². The van der Waals surface area contributed by atoms with Crippen molar-refractivity contribution in [2.75, 3.05) is 11.4 Å². The van der Waals surface area contributed by atoms with E-state index in [0.29, 0.717) is 6.04 Å². The van der Waals surface area contributed by atoms with E-state index in [9.17, 15) is 0 Å². The molecule has 20 heavy (non-hydrogen) atoms. The molecule has 2 aromatic heterocycles. The highest BCUT2D eigenvalue weighted by molar-refractivity contribution is 5.87. The first-order valence-corrected chi connectivity index (χ1v) is 6.79. The predicted octanol–water partition coefficient (Wildman–Crippen LogP) is 2.31. The average molecular weight is 265 g/mol. The summed E-state index contributed by atoms with van der Waals surface area (Å²) < 4.78 is 1.79. The Morgan fingerprint density at radius 3 is 2.75 bits per heavy atom. The van der Waals surface area contributed by atoms with Crippen molar-refractivity contribution in [1.29, 1.82) is 0 Å². The zero-order valence-electron chi connectivity index (χ0n) is 11.3. The SMILES string of the molecule is Cn1ncc2c(N3CC[C@H]3c3ccccc3)ncnc21. The van der Waals surface area contributed by atoms with Crippen molar-refractivity contribution in [2.24, 2.45) is 7.05 Å². The second-order valence-electron chi connectivity index (χ2n) is 5.11. The topological polar surface area (TPSA) is 46.8 Å². The van der Waals surface area contributed by atoms with E-state index >= 15 is 0 Å². The molecule has 0 aliphatic carbocycles. The maximum atomic E-state index is 4.48. The molecule has 3 aromatic rings. The highest BCUT2D eigenvalue weighted by Crippen LogP contribution is 2.38. The number of benzene rings is 1. The molecule has 0 bridgehead atoms. The van der Waals surface area contributed by atoms with Crippen LogP contribution in [0.25, 0.3) is 11.0 Å². The third-order valence-electron chi connectivity index (χ3n) is 3.98. The number of rotatable bonds is 2. The van der Waals surface area contributed by atoms with Gasteiger partial charge in [-0.15, -0.1) is 0 Å². The maximum absolute atomic E-state index is 4.48. The Bertz CT molecular complexity index is 749. The molecule has 1 aliphatic rings. The number of aromatic nitrogens is 4. The standard InChI is InChI=1S/C15H15N5/c1-19-14-12(9-18-19)15(17-10-16-14)20-8-7-13(20)11-5-3-2-4-6-11/h2-6,9-10,13H,7-8H2,1H3/t13-/m0/s1. The molecule has 1 fully saturated rings. The lowest BCUT2D eigenvalue weighted by molar-refractivity contribution is 0.462. The maximum Gasteiger partial charge on any atom is 0.163 e. The smallest absolute Gasteiger partial charge is 0.163 e. The number of hydrogen-bond acceptors (Lipinski definition) is 4. The van der Waals surface area contributed by atoms with Crippen molar-refractivity contribution < 1.29 is 0 Å². The highest BCUT2D eigenvalue weighted by atomic mass is 15.3. The van der Waals surface area contributed by atoms with Crippen molar-refractivity contribution in [3.8, 4) is 0 Å². The van der Waals surface area contributed by atoms with E-state index < -0.39 is 0 Å². The Morgan fingerprint density at radius 2 is 2.00 bits per heavy atom. The van der Waals surface area contributed by atoms with E-state index in [0.717, 1.165) is 29.8 Å². The lowest BCUT2D eigenvalue weighted by Gasteiger charge is -2.42. The number of aryl methyl sites for hydroxylation is 1. The quantitative estimate of drug-likeness (QED) is 0.713. The Morgan fingerprint density at radius 1 is 1.15 bits per heavy atom. The first-order chi connectivity index (χ1) is 9.84. The van der Waals surface area contributed by atoms with Gasteiger partial charge in [0.1, 0.15) is 12.1 Å². The Labute approximate surface area is 116 Å². The molecule has 100 valence electrons. The third kappa shape index (κ3) is 1.59. The van der Waals surface area contributed by atoms with Gasteiger partial charge in [0.15, 0.2) is 5.65 Å². The van der Waals surface area contributed by atoms with Gasteiger partial charge in [-0.1, -0.05) is 30.3 Å². The molecule has 1 atom stereocenters. The largest absolute Gasteiger partial charge is 0.349 e. The van der Waals surface area contributed by atoms with Crippen LogP contribution in [0.15, 0.2) is 42.9 Å². The molecule has 0 N–H and O–H groups in total. The van der Waals surface area contributed by atoms with Gasteiger partial charge in [-0.25, -0.2) is 9.97 Å². The fraction of sp³-hybridized carbons (Fsp3) is 0.267. The normalized spacial score (nSPS) is 18.2. The van der Waals surface area contributed by atoms with Crippen LogP contribution in [0, 0.1) is 0 Å². The number of fused-ring (bicyclic) bond motifs is 1. The summed E-state index contributed by atoms with van der Waals surface area (Å²) in [5, 5.41) is 5.31. The van der Waals surface area contributed by atoms with Gasteiger partial charge >= 0.3 is 0 Å². The van der Waals surface area contributed by atoms with Gasteiger partial charge in [-0.2, -0.15) is 5.10 Å². The molecule has 0 saturated carbocycles. The summed E-state index contributed by atoms with van der Waals surface area (Å²) >= 11 is 0. The van der Waals surface area contributed by atoms with Crippen LogP contribution >= 0.6 is 0 Å². The van der Waals surface area contributed by atoms with Crippen molar-refractivity contribution in [1.82, 2.24) is 19.7 Å². The van der Waals surface area contributed by atoms with E-state index in [4.69, 9.17) is 0 Å². The average Bonchev–Trinajstić information content (AvgIpc) is 2.82. The molecule has 0 unspecified atom stereocenters. The van der Waals surface area contributed by atoms with Gasteiger partial charge < -0.3 is 4.90 Å². The summed E-state index contributed by atoms with van der Waals surface area (Å²) in [7, 11) is 1.91. The van der Waals surface area contributed by atoms with Crippen LogP contribution < -0.4 is 4.90 Å². The van der Waals surface area contributed by atoms with Crippen LogP contribution in [-0.2, 0) is 7.05 Å². The summed E-state index contributed by atoms with van der Waals surface area (Å²) in [6.45, 7) is 1.03. The van der Waals surface area contributed by atoms with E-state index in [2.05, 4.69) is 50.3 Å². The molecule has 0 radical (unpaired) electrons. The summed E-state index contributed by atoms with van der Waals surface area (Å²) in [6, 6.07) is 11.0. The molecular weight excluding hydrogens is 250 g/mol. The van der Waals surface area contributed by atoms with Crippen LogP contribution in [0.4, 0.5) is 5.82 Å². The minimum atomic E-state index is 0.412. The lowest BCUT2D eigenvalue weighted by atomic mass is 9.94. The fourth-order valence-electron chi connectivity index (χ4n) is 2.84. The molecule has 1 aromatic carbocycles. The van der Waals surface area contributed by atoms with Crippen molar-refractivity contribution in [2.45, 2.75) is 12.5 Å². The highest BCUT2D eigenvalue weighted by Gasteiger charge is 2.31. The molecule has 1 saturated heterocycles. The molecule has 5 heteroatoms. The Kier molecular flexibility index (Phi) is 2.45. The van der Waals surface area contributed by atoms with E-state index in [1.54, 1.807) is 11.0 Å². The second-order valence-corrected chi connectivity index (χ2v) is 5.11. The zero-order valence-corrected chi connectivity index (χ0v) is 11.3. The molecular formula is C15H15N5. The van der Waals surface area contributed by atoms with E-state index in [1.807, 2.05) is 13.2 Å². The van der Waals surface area contributed by atoms with E-state index in [1.165, 1.54) is 5.56 Å². The van der Waals surface area contributed by atoms with Gasteiger partial charge in [0.05, 0.1) is 17.6 Å². The monoisotopic (exact) mass is 265 g/mol. The van der Waals surface area contributed by atoms with Gasteiger partial charge in [-0.3, -0.25) is 4.68 Å². The van der Waals surface area contributed by atoms with Crippen LogP contribution in [0.2, 0.25) is 0 Å². The van der Waals surface area contributed by atoms with Crippen LogP contribution in [0.1, 0.15) is 18.0 Å². The first-order valence-electron chi connectivity index (χ1n) is 6.79. The lowest BCUT2D eigenvalue weighted by Crippen LogP contribution is -2.41. The molecule has 5 nitrogen and oxygen atoms in total. The summed E-state index contributed by atoms with van der Waals surface area (Å²) in [5.41, 5.74) is 2.23. The minimum absolute atomic E-state index is 0.412. The van der Waals surface area contributed by atoms with Crippen LogP contribution in [-0.4, -0.2) is 26.3 Å². The number of anilines is 1. The molecule has 0 spiro atoms. The Balaban J connectivity index is 1.77. The van der Waals surface area contributed by atoms with Crippen molar-refractivity contribution in [3.63, 3.8) is 0 Å². The zero-order chi connectivity index (χ0) is 13.5. The van der Waals surface area contributed by atoms with Crippen molar-refractivity contribution in [3.05, 3.63) is 48.4 Å². The first kappa shape index (κ1) is 11.4. The Hall–Kier alpha value is -2.43. The molecule has 4 rings (SSSR count). The van der Waals surface area contributed by atoms with Gasteiger partial charge in [0, 0.05) is 13.6 Å². The minimum Gasteiger partial charge on any atom is -0.349 e. The number of nitrogens with zero attached hydrogens (tertiary/aromatic N) is 5. The van der Waals surface area contributed by atoms with Crippen LogP contribution in [0.5, 0.6) is 0 Å². The van der Waals surface area contributed by atoms with E-state index in [-0.39, 0.29) is 0 Å². The van der Waals surface area contributed by atoms with Gasteiger partial charge in [0.2, 0.25) is 0 Å². The third-order valence-corrected chi connectivity index (χ3v) is 3.98. The van der Waals surface area contributed by atoms with Crippen LogP contribution in [0.3, 0.4) is 0 Å². The van der Waals surface area contributed by atoms with Gasteiger partial charge in [-0.05, 0) is 12.0 Å². The molecule has 0 amide bonds. The molecule has 1 aliphatic heterocycles. The fourth-order valence-corrected chi connectivity index (χ4v) is 2.84. The van der Waals surface area contributed by atoms with Gasteiger partial charge in [0.25, 0.3) is 0 Å². The summed E-state index contributed by atoms with van der Waals surface area (Å²) in [6.07, 6.45) is 4.64. The number of hydrogen-bond donors (Lipinski definition) is 0. The predicted molar refractivity (Wildman–Crippen MR) is 77.5 cm³/mol. The summed E-state index contributed by atoms with van der Waals surface area (Å²) in [4.78, 5) is 11.1.